The van der Waals surface area contributed by atoms with Crippen molar-refractivity contribution in [2.24, 2.45) is 0 Å². The van der Waals surface area contributed by atoms with Crippen LogP contribution in [0.15, 0.2) is 33.9 Å². The van der Waals surface area contributed by atoms with Crippen molar-refractivity contribution >= 4 is 44.6 Å². The maximum atomic E-state index is 12.0. The number of hydrogen-bond acceptors (Lipinski definition) is 6. The SMILES string of the molecule is COc1cc(NC(=O)CNS(=O)(=O)c2cccs2)c(OC)cc1Cl. The topological polar surface area (TPSA) is 93.7 Å². The maximum Gasteiger partial charge on any atom is 0.250 e. The summed E-state index contributed by atoms with van der Waals surface area (Å²) in [5.41, 5.74) is 0.319. The van der Waals surface area contributed by atoms with Crippen LogP contribution in [0.5, 0.6) is 11.5 Å². The third-order valence-electron chi connectivity index (χ3n) is 2.93. The molecule has 24 heavy (non-hydrogen) atoms. The Bertz CT molecular complexity index is 822. The summed E-state index contributed by atoms with van der Waals surface area (Å²) in [4.78, 5) is 12.0. The van der Waals surface area contributed by atoms with Gasteiger partial charge in [-0.1, -0.05) is 17.7 Å². The highest BCUT2D eigenvalue weighted by atomic mass is 35.5. The Hall–Kier alpha value is -1.81. The molecule has 0 atom stereocenters. The summed E-state index contributed by atoms with van der Waals surface area (Å²) in [5, 5.41) is 4.52. The van der Waals surface area contributed by atoms with Crippen LogP contribution in [-0.4, -0.2) is 35.1 Å². The molecule has 1 heterocycles. The summed E-state index contributed by atoms with van der Waals surface area (Å²) < 4.78 is 36.5. The first kappa shape index (κ1) is 18.5. The molecule has 7 nitrogen and oxygen atoms in total. The van der Waals surface area contributed by atoms with E-state index in [0.717, 1.165) is 11.3 Å². The standard InChI is InChI=1S/C14H15ClN2O5S2/c1-21-11-7-10(12(22-2)6-9(11)15)17-13(18)8-16-24(19,20)14-4-3-5-23-14/h3-7,16H,8H2,1-2H3,(H,17,18). The van der Waals surface area contributed by atoms with Crippen molar-refractivity contribution in [3.05, 3.63) is 34.7 Å². The van der Waals surface area contributed by atoms with Crippen LogP contribution in [-0.2, 0) is 14.8 Å². The lowest BCUT2D eigenvalue weighted by molar-refractivity contribution is -0.115. The molecule has 0 aliphatic rings. The Morgan fingerprint density at radius 2 is 1.96 bits per heavy atom. The fourth-order valence-electron chi connectivity index (χ4n) is 1.80. The van der Waals surface area contributed by atoms with Crippen molar-refractivity contribution in [2.75, 3.05) is 26.1 Å². The average molecular weight is 391 g/mol. The number of hydrogen-bond donors (Lipinski definition) is 2. The van der Waals surface area contributed by atoms with Gasteiger partial charge >= 0.3 is 0 Å². The molecule has 0 aliphatic carbocycles. The van der Waals surface area contributed by atoms with E-state index in [9.17, 15) is 13.2 Å². The number of carbonyl (C=O) groups is 1. The molecule has 130 valence electrons. The van der Waals surface area contributed by atoms with E-state index in [1.807, 2.05) is 0 Å². The van der Waals surface area contributed by atoms with Gasteiger partial charge in [0.1, 0.15) is 15.7 Å². The largest absolute Gasteiger partial charge is 0.495 e. The van der Waals surface area contributed by atoms with Gasteiger partial charge in [-0.25, -0.2) is 13.1 Å². The molecule has 0 saturated carbocycles. The zero-order chi connectivity index (χ0) is 17.7. The van der Waals surface area contributed by atoms with Gasteiger partial charge in [0.25, 0.3) is 10.0 Å². The number of carbonyl (C=O) groups excluding carboxylic acids is 1. The lowest BCUT2D eigenvalue weighted by Crippen LogP contribution is -2.32. The molecular weight excluding hydrogens is 376 g/mol. The van der Waals surface area contributed by atoms with Gasteiger partial charge in [0.15, 0.2) is 0 Å². The van der Waals surface area contributed by atoms with E-state index in [1.54, 1.807) is 11.4 Å². The second-order valence-electron chi connectivity index (χ2n) is 4.49. The van der Waals surface area contributed by atoms with Crippen LogP contribution in [0, 0.1) is 0 Å². The fraction of sp³-hybridized carbons (Fsp3) is 0.214. The maximum absolute atomic E-state index is 12.0. The summed E-state index contributed by atoms with van der Waals surface area (Å²) in [6.45, 7) is -0.422. The number of anilines is 1. The highest BCUT2D eigenvalue weighted by Crippen LogP contribution is 2.35. The first-order valence-electron chi connectivity index (χ1n) is 6.62. The molecule has 1 aromatic heterocycles. The molecular formula is C14H15ClN2O5S2. The van der Waals surface area contributed by atoms with E-state index >= 15 is 0 Å². The second-order valence-corrected chi connectivity index (χ2v) is 7.84. The van der Waals surface area contributed by atoms with Gasteiger partial charge in [-0.15, -0.1) is 11.3 Å². The highest BCUT2D eigenvalue weighted by Gasteiger charge is 2.18. The molecule has 0 aliphatic heterocycles. The summed E-state index contributed by atoms with van der Waals surface area (Å²) in [6, 6.07) is 6.06. The normalized spacial score (nSPS) is 11.1. The lowest BCUT2D eigenvalue weighted by atomic mass is 10.2. The average Bonchev–Trinajstić information content (AvgIpc) is 3.09. The molecule has 0 fully saturated rings. The van der Waals surface area contributed by atoms with Crippen molar-refractivity contribution in [1.29, 1.82) is 0 Å². The molecule has 2 N–H and O–H groups in total. The van der Waals surface area contributed by atoms with Gasteiger partial charge < -0.3 is 14.8 Å². The number of halogens is 1. The Labute approximate surface area is 148 Å². The van der Waals surface area contributed by atoms with Gasteiger partial charge in [0.2, 0.25) is 5.91 Å². The van der Waals surface area contributed by atoms with Gasteiger partial charge in [-0.05, 0) is 11.4 Å². The van der Waals surface area contributed by atoms with Gasteiger partial charge in [0, 0.05) is 12.1 Å². The fourth-order valence-corrected chi connectivity index (χ4v) is 4.05. The highest BCUT2D eigenvalue weighted by molar-refractivity contribution is 7.91. The number of sulfonamides is 1. The third-order valence-corrected chi connectivity index (χ3v) is 6.02. The molecule has 0 saturated heterocycles. The van der Waals surface area contributed by atoms with E-state index in [1.165, 1.54) is 32.4 Å². The summed E-state index contributed by atoms with van der Waals surface area (Å²) >= 11 is 7.05. The van der Waals surface area contributed by atoms with Crippen molar-refractivity contribution in [1.82, 2.24) is 4.72 Å². The molecule has 2 rings (SSSR count). The minimum Gasteiger partial charge on any atom is -0.495 e. The minimum absolute atomic E-state index is 0.140. The van der Waals surface area contributed by atoms with E-state index in [4.69, 9.17) is 21.1 Å². The van der Waals surface area contributed by atoms with E-state index in [2.05, 4.69) is 10.0 Å². The van der Waals surface area contributed by atoms with Crippen LogP contribution in [0.4, 0.5) is 5.69 Å². The molecule has 0 unspecified atom stereocenters. The van der Waals surface area contributed by atoms with Crippen molar-refractivity contribution < 1.29 is 22.7 Å². The monoisotopic (exact) mass is 390 g/mol. The Kier molecular flexibility index (Phi) is 6.05. The molecule has 0 spiro atoms. The number of nitrogens with one attached hydrogen (secondary N) is 2. The smallest absolute Gasteiger partial charge is 0.250 e. The van der Waals surface area contributed by atoms with Gasteiger partial charge in [0.05, 0.1) is 31.5 Å². The second kappa shape index (κ2) is 7.84. The number of thiophene rings is 1. The molecule has 2 aromatic rings. The Morgan fingerprint density at radius 1 is 1.25 bits per heavy atom. The number of benzene rings is 1. The third kappa shape index (κ3) is 4.38. The minimum atomic E-state index is -3.71. The number of amides is 1. The number of ether oxygens (including phenoxy) is 2. The van der Waals surface area contributed by atoms with Crippen LogP contribution < -0.4 is 19.5 Å². The summed E-state index contributed by atoms with van der Waals surface area (Å²) in [6.07, 6.45) is 0. The Morgan fingerprint density at radius 3 is 2.54 bits per heavy atom. The first-order chi connectivity index (χ1) is 11.4. The zero-order valence-corrected chi connectivity index (χ0v) is 15.2. The predicted molar refractivity (Wildman–Crippen MR) is 92.7 cm³/mol. The van der Waals surface area contributed by atoms with Crippen LogP contribution >= 0.6 is 22.9 Å². The van der Waals surface area contributed by atoms with Gasteiger partial charge in [-0.3, -0.25) is 4.79 Å². The van der Waals surface area contributed by atoms with Crippen molar-refractivity contribution in [2.45, 2.75) is 4.21 Å². The van der Waals surface area contributed by atoms with E-state index in [0.29, 0.717) is 22.2 Å². The van der Waals surface area contributed by atoms with E-state index in [-0.39, 0.29) is 4.21 Å². The summed E-state index contributed by atoms with van der Waals surface area (Å²) in [5.74, 6) is 0.125. The van der Waals surface area contributed by atoms with Crippen molar-refractivity contribution in [3.8, 4) is 11.5 Å². The van der Waals surface area contributed by atoms with Gasteiger partial charge in [-0.2, -0.15) is 0 Å². The van der Waals surface area contributed by atoms with Crippen LogP contribution in [0.1, 0.15) is 0 Å². The molecule has 1 aromatic carbocycles. The zero-order valence-electron chi connectivity index (χ0n) is 12.8. The first-order valence-corrected chi connectivity index (χ1v) is 9.36. The Balaban J connectivity index is 2.07. The van der Waals surface area contributed by atoms with Crippen molar-refractivity contribution in [3.63, 3.8) is 0 Å². The molecule has 1 amide bonds. The van der Waals surface area contributed by atoms with Crippen LogP contribution in [0.2, 0.25) is 5.02 Å². The molecule has 0 bridgehead atoms. The summed E-state index contributed by atoms with van der Waals surface area (Å²) in [7, 11) is -0.846. The number of methoxy groups -OCH3 is 2. The molecule has 10 heteroatoms. The lowest BCUT2D eigenvalue weighted by Gasteiger charge is -2.13. The molecule has 0 radical (unpaired) electrons. The van der Waals surface area contributed by atoms with Crippen LogP contribution in [0.3, 0.4) is 0 Å². The predicted octanol–water partition coefficient (Wildman–Crippen LogP) is 2.34. The van der Waals surface area contributed by atoms with E-state index < -0.39 is 22.5 Å². The quantitative estimate of drug-likeness (QED) is 0.756. The number of rotatable bonds is 7. The van der Waals surface area contributed by atoms with Crippen LogP contribution in [0.25, 0.3) is 0 Å².